The summed E-state index contributed by atoms with van der Waals surface area (Å²) >= 11 is 0. The lowest BCUT2D eigenvalue weighted by Gasteiger charge is -2.26. The van der Waals surface area contributed by atoms with Crippen molar-refractivity contribution in [1.29, 1.82) is 0 Å². The molecule has 2 aromatic carbocycles. The zero-order chi connectivity index (χ0) is 18.7. The Morgan fingerprint density at radius 3 is 2.00 bits per heavy atom. The number of carbonyl (C=O) groups is 3. The molecule has 0 aromatic heterocycles. The van der Waals surface area contributed by atoms with Crippen LogP contribution in [0.5, 0.6) is 0 Å². The van der Waals surface area contributed by atoms with Gasteiger partial charge in [-0.25, -0.2) is 4.79 Å². The van der Waals surface area contributed by atoms with Crippen LogP contribution in [0, 0.1) is 5.92 Å². The van der Waals surface area contributed by atoms with Gasteiger partial charge in [0.1, 0.15) is 12.6 Å². The summed E-state index contributed by atoms with van der Waals surface area (Å²) in [7, 11) is 0. The third kappa shape index (κ3) is 3.52. The third-order valence-electron chi connectivity index (χ3n) is 4.33. The Labute approximate surface area is 152 Å². The number of nitrogens with zero attached hydrogens (tertiary/aromatic N) is 1. The molecule has 0 spiro atoms. The van der Waals surface area contributed by atoms with Gasteiger partial charge in [0.25, 0.3) is 11.8 Å². The highest BCUT2D eigenvalue weighted by Gasteiger charge is 2.43. The van der Waals surface area contributed by atoms with Crippen LogP contribution in [0.2, 0.25) is 0 Å². The summed E-state index contributed by atoms with van der Waals surface area (Å²) in [6.07, 6.45) is 0.360. The van der Waals surface area contributed by atoms with E-state index in [1.807, 2.05) is 44.2 Å². The summed E-state index contributed by atoms with van der Waals surface area (Å²) in [4.78, 5) is 39.2. The van der Waals surface area contributed by atoms with Crippen LogP contribution in [0.25, 0.3) is 0 Å². The Balaban J connectivity index is 1.81. The highest BCUT2D eigenvalue weighted by atomic mass is 16.5. The SMILES string of the molecule is CC(C)C[C@@H](C(=O)OCc1ccccc1)N1C(=O)c2ccccc2C1=O. The van der Waals surface area contributed by atoms with Gasteiger partial charge in [0, 0.05) is 0 Å². The van der Waals surface area contributed by atoms with E-state index in [9.17, 15) is 14.4 Å². The second-order valence-corrected chi connectivity index (χ2v) is 6.76. The molecule has 26 heavy (non-hydrogen) atoms. The van der Waals surface area contributed by atoms with Gasteiger partial charge in [-0.2, -0.15) is 0 Å². The minimum absolute atomic E-state index is 0.109. The minimum Gasteiger partial charge on any atom is -0.459 e. The van der Waals surface area contributed by atoms with Crippen molar-refractivity contribution in [3.8, 4) is 0 Å². The van der Waals surface area contributed by atoms with E-state index in [1.54, 1.807) is 24.3 Å². The number of amides is 2. The van der Waals surface area contributed by atoms with E-state index in [0.29, 0.717) is 17.5 Å². The van der Waals surface area contributed by atoms with Gasteiger partial charge in [-0.05, 0) is 30.0 Å². The second kappa shape index (κ2) is 7.52. The maximum atomic E-state index is 12.7. The van der Waals surface area contributed by atoms with Crippen LogP contribution in [0.15, 0.2) is 54.6 Å². The fourth-order valence-electron chi connectivity index (χ4n) is 3.07. The van der Waals surface area contributed by atoms with Crippen molar-refractivity contribution < 1.29 is 19.1 Å². The number of fused-ring (bicyclic) bond motifs is 1. The zero-order valence-electron chi connectivity index (χ0n) is 14.8. The van der Waals surface area contributed by atoms with Gasteiger partial charge in [-0.1, -0.05) is 56.3 Å². The summed E-state index contributed by atoms with van der Waals surface area (Å²) in [5, 5.41) is 0. The van der Waals surface area contributed by atoms with E-state index in [-0.39, 0.29) is 12.5 Å². The Kier molecular flexibility index (Phi) is 5.16. The van der Waals surface area contributed by atoms with Gasteiger partial charge in [0.2, 0.25) is 0 Å². The monoisotopic (exact) mass is 351 g/mol. The van der Waals surface area contributed by atoms with Gasteiger partial charge in [-0.3, -0.25) is 14.5 Å². The predicted molar refractivity (Wildman–Crippen MR) is 96.4 cm³/mol. The predicted octanol–water partition coefficient (Wildman–Crippen LogP) is 3.44. The van der Waals surface area contributed by atoms with E-state index < -0.39 is 23.8 Å². The molecule has 1 aliphatic heterocycles. The van der Waals surface area contributed by atoms with Gasteiger partial charge in [-0.15, -0.1) is 0 Å². The molecule has 0 aliphatic carbocycles. The molecule has 0 unspecified atom stereocenters. The molecule has 3 rings (SSSR count). The second-order valence-electron chi connectivity index (χ2n) is 6.76. The summed E-state index contributed by atoms with van der Waals surface area (Å²) in [5.74, 6) is -1.31. The molecule has 1 aliphatic rings. The molecule has 0 saturated heterocycles. The molecular formula is C21H21NO4. The van der Waals surface area contributed by atoms with Crippen LogP contribution in [0.3, 0.4) is 0 Å². The molecule has 1 heterocycles. The Morgan fingerprint density at radius 1 is 0.923 bits per heavy atom. The Bertz CT molecular complexity index is 794. The van der Waals surface area contributed by atoms with Crippen LogP contribution in [-0.4, -0.2) is 28.7 Å². The average Bonchev–Trinajstić information content (AvgIpc) is 2.90. The van der Waals surface area contributed by atoms with Gasteiger partial charge >= 0.3 is 5.97 Å². The first-order chi connectivity index (χ1) is 12.5. The van der Waals surface area contributed by atoms with E-state index in [1.165, 1.54) is 0 Å². The van der Waals surface area contributed by atoms with E-state index in [0.717, 1.165) is 10.5 Å². The highest BCUT2D eigenvalue weighted by molar-refractivity contribution is 6.22. The van der Waals surface area contributed by atoms with E-state index in [4.69, 9.17) is 4.74 Å². The number of esters is 1. The molecule has 0 bridgehead atoms. The topological polar surface area (TPSA) is 63.7 Å². The van der Waals surface area contributed by atoms with Crippen molar-refractivity contribution in [2.75, 3.05) is 0 Å². The normalized spacial score (nSPS) is 14.5. The molecule has 0 radical (unpaired) electrons. The average molecular weight is 351 g/mol. The molecule has 5 heteroatoms. The van der Waals surface area contributed by atoms with Crippen molar-refractivity contribution in [2.45, 2.75) is 32.9 Å². The molecule has 0 N–H and O–H groups in total. The molecule has 0 fully saturated rings. The number of ether oxygens (including phenoxy) is 1. The number of hydrogen-bond acceptors (Lipinski definition) is 4. The summed E-state index contributed by atoms with van der Waals surface area (Å²) in [6, 6.07) is 15.0. The standard InChI is InChI=1S/C21H21NO4/c1-14(2)12-18(21(25)26-13-15-8-4-3-5-9-15)22-19(23)16-10-6-7-11-17(16)20(22)24/h3-11,14,18H,12-13H2,1-2H3/t18-/m0/s1. The van der Waals surface area contributed by atoms with Crippen LogP contribution in [-0.2, 0) is 16.1 Å². The first-order valence-corrected chi connectivity index (χ1v) is 8.66. The van der Waals surface area contributed by atoms with Crippen LogP contribution in [0.4, 0.5) is 0 Å². The highest BCUT2D eigenvalue weighted by Crippen LogP contribution is 2.27. The van der Waals surface area contributed by atoms with E-state index in [2.05, 4.69) is 0 Å². The van der Waals surface area contributed by atoms with Gasteiger partial charge in [0.05, 0.1) is 11.1 Å². The molecule has 0 saturated carbocycles. The number of rotatable bonds is 6. The smallest absolute Gasteiger partial charge is 0.329 e. The molecule has 2 amide bonds. The fourth-order valence-corrected chi connectivity index (χ4v) is 3.07. The van der Waals surface area contributed by atoms with E-state index >= 15 is 0 Å². The van der Waals surface area contributed by atoms with Crippen molar-refractivity contribution in [3.63, 3.8) is 0 Å². The summed E-state index contributed by atoms with van der Waals surface area (Å²) in [6.45, 7) is 3.99. The van der Waals surface area contributed by atoms with Gasteiger partial charge < -0.3 is 4.74 Å². The maximum absolute atomic E-state index is 12.7. The number of carbonyl (C=O) groups excluding carboxylic acids is 3. The Hall–Kier alpha value is -2.95. The number of imide groups is 1. The van der Waals surface area contributed by atoms with Crippen LogP contribution < -0.4 is 0 Å². The lowest BCUT2D eigenvalue weighted by molar-refractivity contribution is -0.150. The molecular weight excluding hydrogens is 330 g/mol. The lowest BCUT2D eigenvalue weighted by atomic mass is 10.0. The molecule has 5 nitrogen and oxygen atoms in total. The number of benzene rings is 2. The molecule has 2 aromatic rings. The quantitative estimate of drug-likeness (QED) is 0.591. The Morgan fingerprint density at radius 2 is 1.46 bits per heavy atom. The largest absolute Gasteiger partial charge is 0.459 e. The van der Waals surface area contributed by atoms with Crippen molar-refractivity contribution in [3.05, 3.63) is 71.3 Å². The first kappa shape index (κ1) is 17.9. The fraction of sp³-hybridized carbons (Fsp3) is 0.286. The third-order valence-corrected chi connectivity index (χ3v) is 4.33. The summed E-state index contributed by atoms with van der Waals surface area (Å²) < 4.78 is 5.41. The van der Waals surface area contributed by atoms with Crippen LogP contribution in [0.1, 0.15) is 46.5 Å². The molecule has 134 valence electrons. The summed E-state index contributed by atoms with van der Waals surface area (Å²) in [5.41, 5.74) is 1.52. The van der Waals surface area contributed by atoms with Gasteiger partial charge in [0.15, 0.2) is 0 Å². The zero-order valence-corrected chi connectivity index (χ0v) is 14.8. The van der Waals surface area contributed by atoms with Crippen molar-refractivity contribution >= 4 is 17.8 Å². The van der Waals surface area contributed by atoms with Crippen molar-refractivity contribution in [1.82, 2.24) is 4.90 Å². The minimum atomic E-state index is -0.925. The number of hydrogen-bond donors (Lipinski definition) is 0. The maximum Gasteiger partial charge on any atom is 0.329 e. The lowest BCUT2D eigenvalue weighted by Crippen LogP contribution is -2.46. The van der Waals surface area contributed by atoms with Crippen LogP contribution >= 0.6 is 0 Å². The molecule has 1 atom stereocenters. The van der Waals surface area contributed by atoms with Crippen molar-refractivity contribution in [2.24, 2.45) is 5.92 Å². The first-order valence-electron chi connectivity index (χ1n) is 8.66.